The fourth-order valence-electron chi connectivity index (χ4n) is 1.39. The van der Waals surface area contributed by atoms with Gasteiger partial charge in [-0.25, -0.2) is 5.43 Å². The third kappa shape index (κ3) is 4.61. The highest BCUT2D eigenvalue weighted by Gasteiger charge is 2.15. The number of likely N-dealkylation sites (N-methyl/N-ethyl adjacent to an activating group) is 1. The van der Waals surface area contributed by atoms with Crippen LogP contribution in [-0.4, -0.2) is 55.2 Å². The molecule has 0 aromatic heterocycles. The van der Waals surface area contributed by atoms with Crippen molar-refractivity contribution in [1.82, 2.24) is 15.2 Å². The molecule has 0 aliphatic carbocycles. The van der Waals surface area contributed by atoms with Crippen LogP contribution >= 0.6 is 0 Å². The fraction of sp³-hybridized carbons (Fsp3) is 0.818. The Morgan fingerprint density at radius 2 is 1.81 bits per heavy atom. The molecule has 0 spiro atoms. The van der Waals surface area contributed by atoms with Crippen molar-refractivity contribution in [2.75, 3.05) is 33.2 Å². The van der Waals surface area contributed by atoms with Crippen LogP contribution in [0.15, 0.2) is 5.10 Å². The average Bonchev–Trinajstić information content (AvgIpc) is 2.16. The van der Waals surface area contributed by atoms with Crippen molar-refractivity contribution in [3.05, 3.63) is 0 Å². The summed E-state index contributed by atoms with van der Waals surface area (Å²) >= 11 is 0. The van der Waals surface area contributed by atoms with Crippen molar-refractivity contribution in [1.29, 1.82) is 5.41 Å². The molecule has 0 saturated carbocycles. The van der Waals surface area contributed by atoms with Crippen LogP contribution in [0.5, 0.6) is 0 Å². The quantitative estimate of drug-likeness (QED) is 0.394. The SMILES string of the molecule is CN1CCN(C(=N)N/N=C/C(C)(C)C)CC1. The van der Waals surface area contributed by atoms with Crippen LogP contribution < -0.4 is 5.43 Å². The molecule has 0 radical (unpaired) electrons. The highest BCUT2D eigenvalue weighted by molar-refractivity contribution is 5.78. The molecule has 0 atom stereocenters. The van der Waals surface area contributed by atoms with Gasteiger partial charge in [-0.15, -0.1) is 0 Å². The lowest BCUT2D eigenvalue weighted by atomic mass is 9.99. The van der Waals surface area contributed by atoms with E-state index in [-0.39, 0.29) is 5.41 Å². The maximum Gasteiger partial charge on any atom is 0.211 e. The second-order valence-corrected chi connectivity index (χ2v) is 5.37. The van der Waals surface area contributed by atoms with Crippen LogP contribution in [0.2, 0.25) is 0 Å². The van der Waals surface area contributed by atoms with Gasteiger partial charge in [-0.2, -0.15) is 5.10 Å². The first-order valence-corrected chi connectivity index (χ1v) is 5.71. The van der Waals surface area contributed by atoms with Crippen molar-refractivity contribution in [2.24, 2.45) is 10.5 Å². The molecule has 1 heterocycles. The molecule has 16 heavy (non-hydrogen) atoms. The van der Waals surface area contributed by atoms with Gasteiger partial charge in [-0.3, -0.25) is 5.41 Å². The monoisotopic (exact) mass is 225 g/mol. The van der Waals surface area contributed by atoms with Crippen molar-refractivity contribution in [3.63, 3.8) is 0 Å². The van der Waals surface area contributed by atoms with E-state index < -0.39 is 0 Å². The molecule has 0 amide bonds. The zero-order chi connectivity index (χ0) is 12.2. The van der Waals surface area contributed by atoms with Crippen LogP contribution in [0.3, 0.4) is 0 Å². The van der Waals surface area contributed by atoms with Crippen molar-refractivity contribution >= 4 is 12.2 Å². The van der Waals surface area contributed by atoms with E-state index in [2.05, 4.69) is 43.2 Å². The summed E-state index contributed by atoms with van der Waals surface area (Å²) in [6.07, 6.45) is 1.83. The Morgan fingerprint density at radius 3 is 2.31 bits per heavy atom. The zero-order valence-corrected chi connectivity index (χ0v) is 10.7. The molecule has 0 aromatic carbocycles. The van der Waals surface area contributed by atoms with E-state index in [1.54, 1.807) is 0 Å². The molecule has 1 saturated heterocycles. The number of guanidine groups is 1. The molecule has 1 aliphatic rings. The summed E-state index contributed by atoms with van der Waals surface area (Å²) in [6, 6.07) is 0. The molecule has 0 bridgehead atoms. The molecule has 2 N–H and O–H groups in total. The van der Waals surface area contributed by atoms with Gasteiger partial charge >= 0.3 is 0 Å². The van der Waals surface area contributed by atoms with E-state index in [4.69, 9.17) is 5.41 Å². The molecule has 1 fully saturated rings. The normalized spacial score (nSPS) is 19.1. The maximum absolute atomic E-state index is 7.84. The summed E-state index contributed by atoms with van der Waals surface area (Å²) in [7, 11) is 2.10. The van der Waals surface area contributed by atoms with Crippen LogP contribution in [0, 0.1) is 10.8 Å². The molecule has 5 nitrogen and oxygen atoms in total. The van der Waals surface area contributed by atoms with E-state index in [9.17, 15) is 0 Å². The summed E-state index contributed by atoms with van der Waals surface area (Å²) < 4.78 is 0. The summed E-state index contributed by atoms with van der Waals surface area (Å²) in [5.74, 6) is 0.397. The summed E-state index contributed by atoms with van der Waals surface area (Å²) in [5, 5.41) is 11.9. The Balaban J connectivity index is 2.33. The Bertz CT molecular complexity index is 258. The average molecular weight is 225 g/mol. The lowest BCUT2D eigenvalue weighted by Gasteiger charge is -2.33. The van der Waals surface area contributed by atoms with Gasteiger partial charge in [0.25, 0.3) is 0 Å². The largest absolute Gasteiger partial charge is 0.339 e. The summed E-state index contributed by atoms with van der Waals surface area (Å²) in [6.45, 7) is 10.0. The molecular formula is C11H23N5. The number of nitrogens with one attached hydrogen (secondary N) is 2. The molecule has 1 aliphatic heterocycles. The summed E-state index contributed by atoms with van der Waals surface area (Å²) in [4.78, 5) is 4.28. The molecule has 5 heteroatoms. The minimum atomic E-state index is 0.0510. The standard InChI is InChI=1S/C11H23N5/c1-11(2,3)9-13-14-10(12)16-7-5-15(4)6-8-16/h9H,5-8H2,1-4H3,(H2,12,14)/b13-9+. The first-order valence-electron chi connectivity index (χ1n) is 5.71. The second kappa shape index (κ2) is 5.30. The lowest BCUT2D eigenvalue weighted by molar-refractivity contribution is 0.211. The van der Waals surface area contributed by atoms with Crippen LogP contribution in [0.4, 0.5) is 0 Å². The molecule has 92 valence electrons. The van der Waals surface area contributed by atoms with E-state index >= 15 is 0 Å². The summed E-state index contributed by atoms with van der Waals surface area (Å²) in [5.41, 5.74) is 2.83. The van der Waals surface area contributed by atoms with E-state index in [0.29, 0.717) is 5.96 Å². The zero-order valence-electron chi connectivity index (χ0n) is 10.7. The smallest absolute Gasteiger partial charge is 0.211 e. The Kier molecular flexibility index (Phi) is 4.29. The number of rotatable bonds is 1. The number of hydrazone groups is 1. The third-order valence-electron chi connectivity index (χ3n) is 2.44. The minimum Gasteiger partial charge on any atom is -0.339 e. The minimum absolute atomic E-state index is 0.0510. The van der Waals surface area contributed by atoms with Gasteiger partial charge in [-0.1, -0.05) is 20.8 Å². The van der Waals surface area contributed by atoms with Crippen molar-refractivity contribution in [3.8, 4) is 0 Å². The van der Waals surface area contributed by atoms with Crippen molar-refractivity contribution in [2.45, 2.75) is 20.8 Å². The Hall–Kier alpha value is -1.10. The van der Waals surface area contributed by atoms with Crippen LogP contribution in [0.25, 0.3) is 0 Å². The predicted molar refractivity (Wildman–Crippen MR) is 67.9 cm³/mol. The lowest BCUT2D eigenvalue weighted by Crippen LogP contribution is -2.50. The third-order valence-corrected chi connectivity index (χ3v) is 2.44. The van der Waals surface area contributed by atoms with E-state index in [0.717, 1.165) is 26.2 Å². The molecule has 0 unspecified atom stereocenters. The van der Waals surface area contributed by atoms with Gasteiger partial charge in [0.2, 0.25) is 5.96 Å². The van der Waals surface area contributed by atoms with E-state index in [1.165, 1.54) is 0 Å². The van der Waals surface area contributed by atoms with Gasteiger partial charge in [0, 0.05) is 32.4 Å². The molecular weight excluding hydrogens is 202 g/mol. The van der Waals surface area contributed by atoms with Crippen LogP contribution in [0.1, 0.15) is 20.8 Å². The fourth-order valence-corrected chi connectivity index (χ4v) is 1.39. The predicted octanol–water partition coefficient (Wildman–Crippen LogP) is 0.790. The number of hydrogen-bond acceptors (Lipinski definition) is 3. The van der Waals surface area contributed by atoms with Gasteiger partial charge < -0.3 is 9.80 Å². The second-order valence-electron chi connectivity index (χ2n) is 5.37. The highest BCUT2D eigenvalue weighted by atomic mass is 15.4. The van der Waals surface area contributed by atoms with Gasteiger partial charge in [-0.05, 0) is 12.5 Å². The number of nitrogens with zero attached hydrogens (tertiary/aromatic N) is 3. The first-order chi connectivity index (χ1) is 7.38. The molecule has 1 rings (SSSR count). The number of hydrogen-bond donors (Lipinski definition) is 2. The Labute approximate surface area is 98.0 Å². The van der Waals surface area contributed by atoms with Gasteiger partial charge in [0.05, 0.1) is 0 Å². The molecule has 0 aromatic rings. The number of piperazine rings is 1. The van der Waals surface area contributed by atoms with E-state index in [1.807, 2.05) is 11.1 Å². The van der Waals surface area contributed by atoms with Gasteiger partial charge in [0.15, 0.2) is 0 Å². The Morgan fingerprint density at radius 1 is 1.25 bits per heavy atom. The first kappa shape index (κ1) is 13.0. The van der Waals surface area contributed by atoms with Crippen LogP contribution in [-0.2, 0) is 0 Å². The highest BCUT2D eigenvalue weighted by Crippen LogP contribution is 2.07. The topological polar surface area (TPSA) is 54.7 Å². The van der Waals surface area contributed by atoms with Crippen molar-refractivity contribution < 1.29 is 0 Å². The maximum atomic E-state index is 7.84. The van der Waals surface area contributed by atoms with Gasteiger partial charge in [0.1, 0.15) is 0 Å².